The van der Waals surface area contributed by atoms with Gasteiger partial charge in [-0.1, -0.05) is 48.5 Å². The molecule has 0 bridgehead atoms. The summed E-state index contributed by atoms with van der Waals surface area (Å²) < 4.78 is 0. The van der Waals surface area contributed by atoms with Crippen molar-refractivity contribution in [3.8, 4) is 0 Å². The number of amides is 1. The predicted molar refractivity (Wildman–Crippen MR) is 92.6 cm³/mol. The Morgan fingerprint density at radius 1 is 1.04 bits per heavy atom. The summed E-state index contributed by atoms with van der Waals surface area (Å²) in [6.45, 7) is 2.29. The van der Waals surface area contributed by atoms with E-state index in [0.717, 1.165) is 25.2 Å². The van der Waals surface area contributed by atoms with Crippen LogP contribution in [0.3, 0.4) is 0 Å². The van der Waals surface area contributed by atoms with E-state index in [0.29, 0.717) is 17.8 Å². The molecule has 1 aliphatic heterocycles. The Morgan fingerprint density at radius 2 is 1.70 bits per heavy atom. The Morgan fingerprint density at radius 3 is 2.39 bits per heavy atom. The van der Waals surface area contributed by atoms with Gasteiger partial charge in [0.2, 0.25) is 0 Å². The fraction of sp³-hybridized carbons (Fsp3) is 0.211. The summed E-state index contributed by atoms with van der Waals surface area (Å²) in [4.78, 5) is 14.8. The van der Waals surface area contributed by atoms with Crippen molar-refractivity contribution in [1.82, 2.24) is 4.90 Å². The molecule has 23 heavy (non-hydrogen) atoms. The van der Waals surface area contributed by atoms with Gasteiger partial charge in [-0.2, -0.15) is 0 Å². The number of carbonyl (C=O) groups excluding carboxylic acids is 1. The summed E-state index contributed by atoms with van der Waals surface area (Å²) in [5, 5.41) is 2.92. The summed E-state index contributed by atoms with van der Waals surface area (Å²) in [7, 11) is 0. The van der Waals surface area contributed by atoms with Crippen LogP contribution in [-0.2, 0) is 11.3 Å². The van der Waals surface area contributed by atoms with Crippen LogP contribution in [0.25, 0.3) is 0 Å². The van der Waals surface area contributed by atoms with E-state index in [4.69, 9.17) is 5.73 Å². The minimum atomic E-state index is -0.105. The van der Waals surface area contributed by atoms with Crippen LogP contribution in [0.4, 0.5) is 5.69 Å². The second-order valence-electron chi connectivity index (χ2n) is 5.77. The van der Waals surface area contributed by atoms with Gasteiger partial charge in [-0.05, 0) is 17.7 Å². The number of nitrogens with one attached hydrogen (secondary N) is 1. The Labute approximate surface area is 136 Å². The van der Waals surface area contributed by atoms with E-state index in [2.05, 4.69) is 22.3 Å². The highest BCUT2D eigenvalue weighted by Crippen LogP contribution is 2.18. The molecule has 3 N–H and O–H groups in total. The fourth-order valence-electron chi connectivity index (χ4n) is 2.76. The molecule has 0 radical (unpaired) electrons. The first-order valence-corrected chi connectivity index (χ1v) is 7.82. The molecule has 1 heterocycles. The van der Waals surface area contributed by atoms with E-state index < -0.39 is 0 Å². The molecule has 0 aromatic heterocycles. The maximum Gasteiger partial charge on any atom is 0.254 e. The molecule has 0 saturated heterocycles. The lowest BCUT2D eigenvalue weighted by Gasteiger charge is -2.29. The quantitative estimate of drug-likeness (QED) is 0.913. The lowest BCUT2D eigenvalue weighted by molar-refractivity contribution is -0.113. The number of hydrogen-bond acceptors (Lipinski definition) is 3. The monoisotopic (exact) mass is 307 g/mol. The smallest absolute Gasteiger partial charge is 0.254 e. The van der Waals surface area contributed by atoms with Gasteiger partial charge in [0.1, 0.15) is 0 Å². The van der Waals surface area contributed by atoms with E-state index in [1.54, 1.807) is 0 Å². The van der Waals surface area contributed by atoms with Gasteiger partial charge in [-0.25, -0.2) is 0 Å². The zero-order valence-corrected chi connectivity index (χ0v) is 13.0. The Kier molecular flexibility index (Phi) is 4.74. The van der Waals surface area contributed by atoms with Crippen molar-refractivity contribution in [3.05, 3.63) is 77.5 Å². The van der Waals surface area contributed by atoms with Crippen LogP contribution >= 0.6 is 0 Å². The highest BCUT2D eigenvalue weighted by atomic mass is 16.1. The summed E-state index contributed by atoms with van der Waals surface area (Å²) in [5.74, 6) is -0.105. The number of para-hydroxylation sites is 1. The molecule has 0 atom stereocenters. The molecule has 1 aliphatic rings. The second-order valence-corrected chi connectivity index (χ2v) is 5.77. The van der Waals surface area contributed by atoms with Crippen molar-refractivity contribution in [3.63, 3.8) is 0 Å². The van der Waals surface area contributed by atoms with Crippen molar-refractivity contribution in [2.24, 2.45) is 5.73 Å². The van der Waals surface area contributed by atoms with Crippen LogP contribution in [-0.4, -0.2) is 23.9 Å². The molecule has 0 aliphatic carbocycles. The zero-order valence-electron chi connectivity index (χ0n) is 13.0. The Hall–Kier alpha value is -2.59. The molecule has 2 aromatic rings. The molecule has 118 valence electrons. The lowest BCUT2D eigenvalue weighted by atomic mass is 10.0. The molecule has 3 rings (SSSR count). The SMILES string of the molecule is NC1=C(C(=O)Nc2ccccc2)CN(Cc2ccccc2)CC1. The highest BCUT2D eigenvalue weighted by Gasteiger charge is 2.22. The summed E-state index contributed by atoms with van der Waals surface area (Å²) in [5.41, 5.74) is 9.49. The minimum absolute atomic E-state index is 0.105. The maximum atomic E-state index is 12.5. The number of benzene rings is 2. The molecule has 4 heteroatoms. The van der Waals surface area contributed by atoms with E-state index in [-0.39, 0.29) is 5.91 Å². The lowest BCUT2D eigenvalue weighted by Crippen LogP contribution is -2.37. The summed E-state index contributed by atoms with van der Waals surface area (Å²) in [6.07, 6.45) is 0.727. The molecule has 4 nitrogen and oxygen atoms in total. The van der Waals surface area contributed by atoms with E-state index in [1.807, 2.05) is 48.5 Å². The normalized spacial score (nSPS) is 15.5. The summed E-state index contributed by atoms with van der Waals surface area (Å²) >= 11 is 0. The number of rotatable bonds is 4. The van der Waals surface area contributed by atoms with Gasteiger partial charge in [-0.3, -0.25) is 9.69 Å². The van der Waals surface area contributed by atoms with Crippen LogP contribution in [0.15, 0.2) is 71.9 Å². The molecule has 0 unspecified atom stereocenters. The molecule has 0 saturated carbocycles. The average Bonchev–Trinajstić information content (AvgIpc) is 2.58. The Bertz CT molecular complexity index is 695. The third kappa shape index (κ3) is 3.99. The minimum Gasteiger partial charge on any atom is -0.402 e. The highest BCUT2D eigenvalue weighted by molar-refractivity contribution is 6.04. The topological polar surface area (TPSA) is 58.4 Å². The molecule has 2 aromatic carbocycles. The standard InChI is InChI=1S/C19H21N3O/c20-18-11-12-22(13-15-7-3-1-4-8-15)14-17(18)19(23)21-16-9-5-2-6-10-16/h1-10H,11-14,20H2,(H,21,23). The van der Waals surface area contributed by atoms with Crippen LogP contribution in [0.1, 0.15) is 12.0 Å². The van der Waals surface area contributed by atoms with Crippen LogP contribution in [0, 0.1) is 0 Å². The first-order valence-electron chi connectivity index (χ1n) is 7.82. The first-order chi connectivity index (χ1) is 11.2. The predicted octanol–water partition coefficient (Wildman–Crippen LogP) is 2.74. The van der Waals surface area contributed by atoms with E-state index in [9.17, 15) is 4.79 Å². The van der Waals surface area contributed by atoms with Crippen molar-refractivity contribution in [2.75, 3.05) is 18.4 Å². The average molecular weight is 307 g/mol. The number of anilines is 1. The van der Waals surface area contributed by atoms with Crippen LogP contribution in [0.2, 0.25) is 0 Å². The van der Waals surface area contributed by atoms with Crippen molar-refractivity contribution >= 4 is 11.6 Å². The number of nitrogens with zero attached hydrogens (tertiary/aromatic N) is 1. The van der Waals surface area contributed by atoms with Crippen LogP contribution in [0.5, 0.6) is 0 Å². The molecular formula is C19H21N3O. The zero-order chi connectivity index (χ0) is 16.1. The maximum absolute atomic E-state index is 12.5. The molecule has 0 fully saturated rings. The van der Waals surface area contributed by atoms with Gasteiger partial charge in [0.25, 0.3) is 5.91 Å². The third-order valence-corrected chi connectivity index (χ3v) is 4.02. The third-order valence-electron chi connectivity index (χ3n) is 4.02. The van der Waals surface area contributed by atoms with E-state index >= 15 is 0 Å². The number of hydrogen-bond donors (Lipinski definition) is 2. The van der Waals surface area contributed by atoms with Crippen molar-refractivity contribution < 1.29 is 4.79 Å². The Balaban J connectivity index is 1.67. The molecule has 0 spiro atoms. The fourth-order valence-corrected chi connectivity index (χ4v) is 2.76. The van der Waals surface area contributed by atoms with E-state index in [1.165, 1.54) is 5.56 Å². The molecular weight excluding hydrogens is 286 g/mol. The largest absolute Gasteiger partial charge is 0.402 e. The number of nitrogens with two attached hydrogens (primary N) is 1. The van der Waals surface area contributed by atoms with Gasteiger partial charge < -0.3 is 11.1 Å². The van der Waals surface area contributed by atoms with Gasteiger partial charge in [0.05, 0.1) is 5.57 Å². The van der Waals surface area contributed by atoms with Crippen molar-refractivity contribution in [2.45, 2.75) is 13.0 Å². The van der Waals surface area contributed by atoms with Crippen molar-refractivity contribution in [1.29, 1.82) is 0 Å². The molecule has 1 amide bonds. The van der Waals surface area contributed by atoms with Gasteiger partial charge in [0.15, 0.2) is 0 Å². The first kappa shape index (κ1) is 15.3. The van der Waals surface area contributed by atoms with Crippen LogP contribution < -0.4 is 11.1 Å². The van der Waals surface area contributed by atoms with Gasteiger partial charge in [-0.15, -0.1) is 0 Å². The summed E-state index contributed by atoms with van der Waals surface area (Å²) in [6, 6.07) is 19.8. The second kappa shape index (κ2) is 7.11. The number of carbonyl (C=O) groups is 1. The van der Waals surface area contributed by atoms with Gasteiger partial charge in [0, 0.05) is 37.4 Å². The van der Waals surface area contributed by atoms with Gasteiger partial charge >= 0.3 is 0 Å².